The van der Waals surface area contributed by atoms with Crippen LogP contribution in [0.25, 0.3) is 0 Å². The Morgan fingerprint density at radius 2 is 1.58 bits per heavy atom. The smallest absolute Gasteiger partial charge is 0.125 e. The molecule has 19 heavy (non-hydrogen) atoms. The molecule has 4 nitrogen and oxygen atoms in total. The molecule has 1 unspecified atom stereocenters. The van der Waals surface area contributed by atoms with Gasteiger partial charge in [0.05, 0.1) is 0 Å². The molecule has 0 aliphatic heterocycles. The number of aliphatic hydroxyl groups excluding tert-OH is 1. The molecule has 0 amide bonds. The Balaban J connectivity index is 2.30. The maximum absolute atomic E-state index is 10.2. The Morgan fingerprint density at radius 1 is 0.947 bits per heavy atom. The number of hydrogen-bond donors (Lipinski definition) is 3. The van der Waals surface area contributed by atoms with Crippen molar-refractivity contribution in [2.75, 3.05) is 19.0 Å². The molecule has 2 aromatic rings. The summed E-state index contributed by atoms with van der Waals surface area (Å²) in [5.41, 5.74) is 2.09. The molecule has 0 saturated carbocycles. The van der Waals surface area contributed by atoms with Crippen molar-refractivity contribution in [3.63, 3.8) is 0 Å². The minimum absolute atomic E-state index is 0.0311. The van der Waals surface area contributed by atoms with E-state index in [4.69, 9.17) is 0 Å². The highest BCUT2D eigenvalue weighted by atomic mass is 16.3. The zero-order valence-corrected chi connectivity index (χ0v) is 10.9. The number of rotatable bonds is 3. The Bertz CT molecular complexity index is 564. The summed E-state index contributed by atoms with van der Waals surface area (Å²) >= 11 is 0. The summed E-state index contributed by atoms with van der Waals surface area (Å²) in [6.07, 6.45) is -0.920. The van der Waals surface area contributed by atoms with Crippen LogP contribution in [-0.4, -0.2) is 29.4 Å². The first-order valence-corrected chi connectivity index (χ1v) is 5.96. The first-order valence-electron chi connectivity index (χ1n) is 5.96. The Kier molecular flexibility index (Phi) is 3.62. The summed E-state index contributed by atoms with van der Waals surface area (Å²) in [5, 5.41) is 29.2. The number of benzene rings is 2. The molecule has 2 aromatic carbocycles. The van der Waals surface area contributed by atoms with Crippen LogP contribution in [0.4, 0.5) is 5.69 Å². The van der Waals surface area contributed by atoms with Crippen molar-refractivity contribution in [3.8, 4) is 11.5 Å². The molecule has 0 aliphatic carbocycles. The molecule has 0 spiro atoms. The molecule has 4 heteroatoms. The lowest BCUT2D eigenvalue weighted by molar-refractivity contribution is 0.215. The van der Waals surface area contributed by atoms with Crippen LogP contribution < -0.4 is 4.90 Å². The fourth-order valence-corrected chi connectivity index (χ4v) is 1.90. The average molecular weight is 259 g/mol. The molecule has 0 heterocycles. The van der Waals surface area contributed by atoms with E-state index in [0.29, 0.717) is 11.1 Å². The van der Waals surface area contributed by atoms with Crippen LogP contribution in [0.2, 0.25) is 0 Å². The van der Waals surface area contributed by atoms with Gasteiger partial charge in [-0.15, -0.1) is 0 Å². The van der Waals surface area contributed by atoms with Gasteiger partial charge in [-0.25, -0.2) is 0 Å². The van der Waals surface area contributed by atoms with Gasteiger partial charge in [-0.1, -0.05) is 12.1 Å². The van der Waals surface area contributed by atoms with Gasteiger partial charge in [0.1, 0.15) is 17.6 Å². The van der Waals surface area contributed by atoms with E-state index in [-0.39, 0.29) is 11.5 Å². The average Bonchev–Trinajstić information content (AvgIpc) is 2.38. The minimum Gasteiger partial charge on any atom is -0.508 e. The lowest BCUT2D eigenvalue weighted by Gasteiger charge is -2.16. The number of phenolic OH excluding ortho intramolecular Hbond substituents is 2. The molecular formula is C15H17NO3. The van der Waals surface area contributed by atoms with Gasteiger partial charge in [0, 0.05) is 31.4 Å². The van der Waals surface area contributed by atoms with Crippen LogP contribution >= 0.6 is 0 Å². The number of aliphatic hydroxyl groups is 1. The highest BCUT2D eigenvalue weighted by molar-refractivity contribution is 5.49. The molecule has 100 valence electrons. The summed E-state index contributed by atoms with van der Waals surface area (Å²) in [4.78, 5) is 1.97. The van der Waals surface area contributed by atoms with Crippen molar-refractivity contribution in [2.24, 2.45) is 0 Å². The van der Waals surface area contributed by atoms with E-state index in [1.54, 1.807) is 0 Å². The zero-order chi connectivity index (χ0) is 14.0. The van der Waals surface area contributed by atoms with E-state index in [2.05, 4.69) is 0 Å². The maximum Gasteiger partial charge on any atom is 0.125 e. The van der Waals surface area contributed by atoms with Crippen LogP contribution in [0, 0.1) is 0 Å². The molecule has 0 fully saturated rings. The number of phenols is 2. The van der Waals surface area contributed by atoms with Gasteiger partial charge in [0.15, 0.2) is 0 Å². The third-order valence-corrected chi connectivity index (χ3v) is 3.03. The van der Waals surface area contributed by atoms with Crippen molar-refractivity contribution < 1.29 is 15.3 Å². The second kappa shape index (κ2) is 5.20. The lowest BCUT2D eigenvalue weighted by Crippen LogP contribution is -2.08. The third-order valence-electron chi connectivity index (χ3n) is 3.03. The van der Waals surface area contributed by atoms with E-state index in [9.17, 15) is 15.3 Å². The van der Waals surface area contributed by atoms with Crippen LogP contribution in [-0.2, 0) is 0 Å². The predicted molar refractivity (Wildman–Crippen MR) is 74.6 cm³/mol. The molecule has 0 aliphatic rings. The van der Waals surface area contributed by atoms with Crippen molar-refractivity contribution in [3.05, 3.63) is 53.6 Å². The Labute approximate surface area is 112 Å². The third kappa shape index (κ3) is 2.80. The van der Waals surface area contributed by atoms with Crippen molar-refractivity contribution >= 4 is 5.69 Å². The number of anilines is 1. The zero-order valence-electron chi connectivity index (χ0n) is 10.9. The molecular weight excluding hydrogens is 242 g/mol. The normalized spacial score (nSPS) is 12.2. The number of hydrogen-bond acceptors (Lipinski definition) is 4. The lowest BCUT2D eigenvalue weighted by atomic mass is 10.00. The highest BCUT2D eigenvalue weighted by Gasteiger charge is 2.15. The maximum atomic E-state index is 10.2. The van der Waals surface area contributed by atoms with Crippen LogP contribution in [0.1, 0.15) is 17.2 Å². The van der Waals surface area contributed by atoms with Crippen LogP contribution in [0.5, 0.6) is 11.5 Å². The van der Waals surface area contributed by atoms with Crippen molar-refractivity contribution in [1.82, 2.24) is 0 Å². The molecule has 0 radical (unpaired) electrons. The number of nitrogens with zero attached hydrogens (tertiary/aromatic N) is 1. The second-order valence-corrected chi connectivity index (χ2v) is 4.63. The topological polar surface area (TPSA) is 63.9 Å². The number of aromatic hydroxyl groups is 2. The second-order valence-electron chi connectivity index (χ2n) is 4.63. The van der Waals surface area contributed by atoms with Gasteiger partial charge in [-0.2, -0.15) is 0 Å². The van der Waals surface area contributed by atoms with E-state index in [1.807, 2.05) is 43.3 Å². The van der Waals surface area contributed by atoms with Crippen molar-refractivity contribution in [1.29, 1.82) is 0 Å². The van der Waals surface area contributed by atoms with Gasteiger partial charge in [-0.3, -0.25) is 0 Å². The molecule has 0 aromatic heterocycles. The predicted octanol–water partition coefficient (Wildman–Crippen LogP) is 2.25. The standard InChI is InChI=1S/C15H17NO3/c1-16(2)11-5-3-10(4-6-11)15(19)13-8-7-12(17)9-14(13)18/h3-9,15,17-19H,1-2H3. The van der Waals surface area contributed by atoms with Crippen molar-refractivity contribution in [2.45, 2.75) is 6.10 Å². The Morgan fingerprint density at radius 3 is 2.11 bits per heavy atom. The molecule has 3 N–H and O–H groups in total. The Hall–Kier alpha value is -2.20. The van der Waals surface area contributed by atoms with Gasteiger partial charge >= 0.3 is 0 Å². The largest absolute Gasteiger partial charge is 0.508 e. The highest BCUT2D eigenvalue weighted by Crippen LogP contribution is 2.32. The molecule has 0 bridgehead atoms. The van der Waals surface area contributed by atoms with Crippen LogP contribution in [0.3, 0.4) is 0 Å². The fourth-order valence-electron chi connectivity index (χ4n) is 1.90. The minimum atomic E-state index is -0.920. The summed E-state index contributed by atoms with van der Waals surface area (Å²) in [7, 11) is 3.88. The first kappa shape index (κ1) is 13.2. The summed E-state index contributed by atoms with van der Waals surface area (Å²) in [5.74, 6) is -0.152. The summed E-state index contributed by atoms with van der Waals surface area (Å²) < 4.78 is 0. The van der Waals surface area contributed by atoms with Gasteiger partial charge in [0.2, 0.25) is 0 Å². The monoisotopic (exact) mass is 259 g/mol. The molecule has 0 saturated heterocycles. The van der Waals surface area contributed by atoms with Gasteiger partial charge in [0.25, 0.3) is 0 Å². The van der Waals surface area contributed by atoms with E-state index in [0.717, 1.165) is 5.69 Å². The van der Waals surface area contributed by atoms with Gasteiger partial charge in [-0.05, 0) is 29.8 Å². The van der Waals surface area contributed by atoms with Crippen LogP contribution in [0.15, 0.2) is 42.5 Å². The van der Waals surface area contributed by atoms with E-state index in [1.165, 1.54) is 18.2 Å². The summed E-state index contributed by atoms with van der Waals surface area (Å²) in [6, 6.07) is 11.6. The van der Waals surface area contributed by atoms with E-state index < -0.39 is 6.10 Å². The molecule has 2 rings (SSSR count). The SMILES string of the molecule is CN(C)c1ccc(C(O)c2ccc(O)cc2O)cc1. The summed E-state index contributed by atoms with van der Waals surface area (Å²) in [6.45, 7) is 0. The quantitative estimate of drug-likeness (QED) is 0.791. The first-order chi connectivity index (χ1) is 8.99. The van der Waals surface area contributed by atoms with Gasteiger partial charge < -0.3 is 20.2 Å². The van der Waals surface area contributed by atoms with E-state index >= 15 is 0 Å². The fraction of sp³-hybridized carbons (Fsp3) is 0.200. The molecule has 1 atom stereocenters.